The van der Waals surface area contributed by atoms with Crippen molar-refractivity contribution in [3.63, 3.8) is 0 Å². The van der Waals surface area contributed by atoms with Crippen LogP contribution in [0.5, 0.6) is 0 Å². The summed E-state index contributed by atoms with van der Waals surface area (Å²) in [5, 5.41) is 6.32. The second-order valence-electron chi connectivity index (χ2n) is 5.39. The first-order valence-corrected chi connectivity index (χ1v) is 8.45. The Morgan fingerprint density at radius 3 is 2.85 bits per heavy atom. The number of likely N-dealkylation sites (tertiary alicyclic amines) is 1. The summed E-state index contributed by atoms with van der Waals surface area (Å²) in [5.41, 5.74) is 6.00. The Morgan fingerprint density at radius 1 is 1.50 bits per heavy atom. The lowest BCUT2D eigenvalue weighted by molar-refractivity contribution is 0.288. The van der Waals surface area contributed by atoms with Gasteiger partial charge in [-0.25, -0.2) is 13.1 Å². The third-order valence-electron chi connectivity index (χ3n) is 3.56. The molecule has 0 amide bonds. The van der Waals surface area contributed by atoms with Crippen molar-refractivity contribution in [3.05, 3.63) is 11.8 Å². The Kier molecular flexibility index (Phi) is 5.14. The lowest BCUT2D eigenvalue weighted by Gasteiger charge is -2.20. The van der Waals surface area contributed by atoms with Gasteiger partial charge >= 0.3 is 0 Å². The fourth-order valence-electron chi connectivity index (χ4n) is 2.47. The van der Waals surface area contributed by atoms with Gasteiger partial charge in [-0.2, -0.15) is 5.10 Å². The molecule has 1 aliphatic rings. The monoisotopic (exact) mass is 301 g/mol. The molecule has 0 saturated carbocycles. The number of nitrogens with two attached hydrogens (primary N) is 1. The molecule has 20 heavy (non-hydrogen) atoms. The molecule has 1 atom stereocenters. The second-order valence-corrected chi connectivity index (χ2v) is 7.10. The maximum atomic E-state index is 12.2. The first kappa shape index (κ1) is 15.4. The van der Waals surface area contributed by atoms with Gasteiger partial charge < -0.3 is 10.6 Å². The second kappa shape index (κ2) is 6.66. The van der Waals surface area contributed by atoms with Crippen molar-refractivity contribution >= 4 is 10.0 Å². The SMILES string of the molecule is CC(CNS(=O)(=O)c1[nH]ncc1CN)CN1CCCC1. The highest BCUT2D eigenvalue weighted by atomic mass is 32.2. The standard InChI is InChI=1S/C12H23N5O2S/c1-10(9-17-4-2-3-5-17)7-15-20(18,19)12-11(6-13)8-14-16-12/h8,10,15H,2-7,9,13H2,1H3,(H,14,16). The summed E-state index contributed by atoms with van der Waals surface area (Å²) in [4.78, 5) is 2.38. The van der Waals surface area contributed by atoms with E-state index in [-0.39, 0.29) is 17.5 Å². The number of nitrogens with one attached hydrogen (secondary N) is 2. The van der Waals surface area contributed by atoms with Crippen molar-refractivity contribution in [3.8, 4) is 0 Å². The highest BCUT2D eigenvalue weighted by Gasteiger charge is 2.21. The number of hydrogen-bond donors (Lipinski definition) is 3. The maximum absolute atomic E-state index is 12.2. The topological polar surface area (TPSA) is 104 Å². The minimum atomic E-state index is -3.55. The summed E-state index contributed by atoms with van der Waals surface area (Å²) in [6.45, 7) is 5.79. The molecular formula is C12H23N5O2S. The normalized spacial score (nSPS) is 18.5. The van der Waals surface area contributed by atoms with Gasteiger partial charge in [0.1, 0.15) is 0 Å². The fourth-order valence-corrected chi connectivity index (χ4v) is 3.77. The van der Waals surface area contributed by atoms with E-state index in [2.05, 4.69) is 26.7 Å². The van der Waals surface area contributed by atoms with Gasteiger partial charge in [-0.05, 0) is 31.8 Å². The number of H-pyrrole nitrogens is 1. The van der Waals surface area contributed by atoms with E-state index in [0.29, 0.717) is 12.1 Å². The van der Waals surface area contributed by atoms with E-state index in [1.165, 1.54) is 19.0 Å². The summed E-state index contributed by atoms with van der Waals surface area (Å²) in [6.07, 6.45) is 3.93. The van der Waals surface area contributed by atoms with Crippen LogP contribution in [0.1, 0.15) is 25.3 Å². The molecule has 4 N–H and O–H groups in total. The molecule has 1 aromatic heterocycles. The van der Waals surface area contributed by atoms with Crippen LogP contribution in [0.25, 0.3) is 0 Å². The molecule has 0 aliphatic carbocycles. The van der Waals surface area contributed by atoms with Crippen LogP contribution < -0.4 is 10.5 Å². The molecule has 1 aliphatic heterocycles. The predicted molar refractivity (Wildman–Crippen MR) is 76.5 cm³/mol. The van der Waals surface area contributed by atoms with Crippen molar-refractivity contribution in [1.82, 2.24) is 19.8 Å². The summed E-state index contributed by atoms with van der Waals surface area (Å²) >= 11 is 0. The van der Waals surface area contributed by atoms with Crippen molar-refractivity contribution in [2.45, 2.75) is 31.3 Å². The minimum Gasteiger partial charge on any atom is -0.326 e. The third-order valence-corrected chi connectivity index (χ3v) is 4.99. The largest absolute Gasteiger partial charge is 0.326 e. The van der Waals surface area contributed by atoms with Crippen molar-refractivity contribution in [2.24, 2.45) is 11.7 Å². The Hall–Kier alpha value is -0.960. The van der Waals surface area contributed by atoms with Crippen molar-refractivity contribution in [1.29, 1.82) is 0 Å². The first-order chi connectivity index (χ1) is 9.53. The fraction of sp³-hybridized carbons (Fsp3) is 0.750. The number of rotatable bonds is 7. The molecule has 2 rings (SSSR count). The van der Waals surface area contributed by atoms with E-state index in [1.807, 2.05) is 0 Å². The average molecular weight is 301 g/mol. The molecule has 114 valence electrons. The van der Waals surface area contributed by atoms with E-state index in [4.69, 9.17) is 5.73 Å². The lowest BCUT2D eigenvalue weighted by atomic mass is 10.2. The van der Waals surface area contributed by atoms with Gasteiger partial charge in [0, 0.05) is 25.2 Å². The smallest absolute Gasteiger partial charge is 0.257 e. The van der Waals surface area contributed by atoms with Gasteiger partial charge in [-0.1, -0.05) is 6.92 Å². The maximum Gasteiger partial charge on any atom is 0.257 e. The number of nitrogens with zero attached hydrogens (tertiary/aromatic N) is 2. The van der Waals surface area contributed by atoms with E-state index in [1.54, 1.807) is 0 Å². The number of aromatic amines is 1. The zero-order valence-corrected chi connectivity index (χ0v) is 12.6. The van der Waals surface area contributed by atoms with Gasteiger partial charge in [-0.15, -0.1) is 0 Å². The molecular weight excluding hydrogens is 278 g/mol. The molecule has 0 bridgehead atoms. The van der Waals surface area contributed by atoms with Crippen LogP contribution in [-0.2, 0) is 16.6 Å². The number of aromatic nitrogens is 2. The molecule has 1 fully saturated rings. The molecule has 0 radical (unpaired) electrons. The zero-order valence-electron chi connectivity index (χ0n) is 11.8. The minimum absolute atomic E-state index is 0.0772. The summed E-state index contributed by atoms with van der Waals surface area (Å²) in [7, 11) is -3.55. The number of hydrogen-bond acceptors (Lipinski definition) is 5. The lowest BCUT2D eigenvalue weighted by Crippen LogP contribution is -2.35. The van der Waals surface area contributed by atoms with E-state index < -0.39 is 10.0 Å². The Labute approximate surface area is 120 Å². The molecule has 7 nitrogen and oxygen atoms in total. The molecule has 8 heteroatoms. The van der Waals surface area contributed by atoms with Gasteiger partial charge in [-0.3, -0.25) is 5.10 Å². The van der Waals surface area contributed by atoms with Crippen molar-refractivity contribution < 1.29 is 8.42 Å². The zero-order chi connectivity index (χ0) is 14.6. The Bertz CT molecular complexity index is 522. The van der Waals surface area contributed by atoms with Crippen LogP contribution in [0.4, 0.5) is 0 Å². The van der Waals surface area contributed by atoms with Gasteiger partial charge in [0.25, 0.3) is 10.0 Å². The van der Waals surface area contributed by atoms with Crippen LogP contribution in [0.15, 0.2) is 11.2 Å². The van der Waals surface area contributed by atoms with E-state index >= 15 is 0 Å². The predicted octanol–water partition coefficient (Wildman–Crippen LogP) is -0.121. The van der Waals surface area contributed by atoms with E-state index in [9.17, 15) is 8.42 Å². The third kappa shape index (κ3) is 3.78. The van der Waals surface area contributed by atoms with Gasteiger partial charge in [0.15, 0.2) is 5.03 Å². The highest BCUT2D eigenvalue weighted by Crippen LogP contribution is 2.13. The Morgan fingerprint density at radius 2 is 2.20 bits per heavy atom. The summed E-state index contributed by atoms with van der Waals surface area (Å²) in [5.74, 6) is 0.270. The molecule has 0 spiro atoms. The van der Waals surface area contributed by atoms with Crippen LogP contribution in [0, 0.1) is 5.92 Å². The molecule has 1 aromatic rings. The van der Waals surface area contributed by atoms with Crippen LogP contribution in [0.3, 0.4) is 0 Å². The van der Waals surface area contributed by atoms with Gasteiger partial charge in [0.2, 0.25) is 0 Å². The summed E-state index contributed by atoms with van der Waals surface area (Å²) < 4.78 is 27.0. The van der Waals surface area contributed by atoms with Crippen molar-refractivity contribution in [2.75, 3.05) is 26.2 Å². The van der Waals surface area contributed by atoms with Crippen LogP contribution >= 0.6 is 0 Å². The van der Waals surface area contributed by atoms with Crippen LogP contribution in [-0.4, -0.2) is 49.7 Å². The average Bonchev–Trinajstić information content (AvgIpc) is 3.07. The number of sulfonamides is 1. The van der Waals surface area contributed by atoms with Crippen LogP contribution in [0.2, 0.25) is 0 Å². The Balaban J connectivity index is 1.88. The summed E-state index contributed by atoms with van der Waals surface area (Å²) in [6, 6.07) is 0. The highest BCUT2D eigenvalue weighted by molar-refractivity contribution is 7.89. The van der Waals surface area contributed by atoms with E-state index in [0.717, 1.165) is 19.6 Å². The first-order valence-electron chi connectivity index (χ1n) is 6.97. The molecule has 1 unspecified atom stereocenters. The molecule has 2 heterocycles. The van der Waals surface area contributed by atoms with Gasteiger partial charge in [0.05, 0.1) is 6.20 Å². The molecule has 0 aromatic carbocycles. The quantitative estimate of drug-likeness (QED) is 0.651. The molecule has 1 saturated heterocycles.